The average molecular weight is 418 g/mol. The molecule has 3 aromatic rings. The van der Waals surface area contributed by atoms with Crippen LogP contribution in [0.2, 0.25) is 0 Å². The first-order valence-electron chi connectivity index (χ1n) is 10.4. The largest absolute Gasteiger partial charge is 0.497 e. The molecule has 1 N–H and O–H groups in total. The molecular weight excluding hydrogens is 392 g/mol. The van der Waals surface area contributed by atoms with E-state index < -0.39 is 0 Å². The first kappa shape index (κ1) is 20.8. The number of pyridine rings is 2. The molecule has 2 aromatic heterocycles. The summed E-state index contributed by atoms with van der Waals surface area (Å²) in [6, 6.07) is 13.7. The number of aromatic nitrogens is 2. The number of morpholine rings is 1. The molecule has 1 fully saturated rings. The Morgan fingerprint density at radius 2 is 1.87 bits per heavy atom. The lowest BCUT2D eigenvalue weighted by Crippen LogP contribution is -2.36. The number of hydrogen-bond donors (Lipinski definition) is 1. The molecule has 0 spiro atoms. The van der Waals surface area contributed by atoms with Crippen LogP contribution in [0.4, 0.5) is 5.82 Å². The zero-order chi connectivity index (χ0) is 21.5. The molecule has 31 heavy (non-hydrogen) atoms. The van der Waals surface area contributed by atoms with Crippen molar-refractivity contribution in [3.63, 3.8) is 0 Å². The molecule has 0 radical (unpaired) electrons. The van der Waals surface area contributed by atoms with E-state index in [1.807, 2.05) is 48.7 Å². The van der Waals surface area contributed by atoms with Crippen LogP contribution in [-0.2, 0) is 11.2 Å². The normalized spacial score (nSPS) is 13.6. The molecule has 0 bridgehead atoms. The molecule has 1 aromatic carbocycles. The topological polar surface area (TPSA) is 76.6 Å². The number of nitrogens with zero attached hydrogens (tertiary/aromatic N) is 3. The zero-order valence-electron chi connectivity index (χ0n) is 17.6. The number of nitrogens with one attached hydrogen (secondary N) is 1. The molecule has 1 saturated heterocycles. The van der Waals surface area contributed by atoms with Crippen LogP contribution < -0.4 is 15.0 Å². The Kier molecular flexibility index (Phi) is 6.74. The summed E-state index contributed by atoms with van der Waals surface area (Å²) in [5.41, 5.74) is 3.46. The van der Waals surface area contributed by atoms with Crippen LogP contribution in [0, 0.1) is 0 Å². The molecule has 1 amide bonds. The molecule has 1 aliphatic heterocycles. The first-order valence-corrected chi connectivity index (χ1v) is 10.4. The predicted molar refractivity (Wildman–Crippen MR) is 120 cm³/mol. The molecule has 3 heterocycles. The number of benzene rings is 1. The van der Waals surface area contributed by atoms with E-state index in [0.717, 1.165) is 61.0 Å². The minimum atomic E-state index is -0.138. The van der Waals surface area contributed by atoms with Crippen LogP contribution in [0.1, 0.15) is 15.9 Å². The van der Waals surface area contributed by atoms with E-state index in [2.05, 4.69) is 20.2 Å². The van der Waals surface area contributed by atoms with Gasteiger partial charge in [0.1, 0.15) is 11.6 Å². The SMILES string of the molecule is COc1ccc(CCNC(=O)c2cncc(-c3ccc(N4CCOCC4)nc3)c2)cc1. The number of carbonyl (C=O) groups excluding carboxylic acids is 1. The fraction of sp³-hybridized carbons (Fsp3) is 0.292. The van der Waals surface area contributed by atoms with Crippen LogP contribution in [0.25, 0.3) is 11.1 Å². The molecule has 4 rings (SSSR count). The lowest BCUT2D eigenvalue weighted by atomic mass is 10.1. The Balaban J connectivity index is 1.36. The third kappa shape index (κ3) is 5.38. The van der Waals surface area contributed by atoms with Crippen LogP contribution >= 0.6 is 0 Å². The van der Waals surface area contributed by atoms with E-state index in [9.17, 15) is 4.79 Å². The van der Waals surface area contributed by atoms with Gasteiger partial charge in [-0.1, -0.05) is 12.1 Å². The molecule has 0 aliphatic carbocycles. The van der Waals surface area contributed by atoms with Crippen molar-refractivity contribution in [2.75, 3.05) is 44.9 Å². The van der Waals surface area contributed by atoms with Crippen molar-refractivity contribution in [1.29, 1.82) is 0 Å². The predicted octanol–water partition coefficient (Wildman–Crippen LogP) is 2.96. The third-order valence-corrected chi connectivity index (χ3v) is 5.28. The van der Waals surface area contributed by atoms with Crippen molar-refractivity contribution in [3.8, 4) is 16.9 Å². The van der Waals surface area contributed by atoms with Gasteiger partial charge < -0.3 is 19.7 Å². The first-order chi connectivity index (χ1) is 15.2. The highest BCUT2D eigenvalue weighted by atomic mass is 16.5. The monoisotopic (exact) mass is 418 g/mol. The van der Waals surface area contributed by atoms with Crippen molar-refractivity contribution in [1.82, 2.24) is 15.3 Å². The van der Waals surface area contributed by atoms with E-state index in [1.54, 1.807) is 19.5 Å². The maximum atomic E-state index is 12.6. The Morgan fingerprint density at radius 3 is 2.58 bits per heavy atom. The van der Waals surface area contributed by atoms with Gasteiger partial charge in [-0.05, 0) is 42.3 Å². The Bertz CT molecular complexity index is 1000. The maximum Gasteiger partial charge on any atom is 0.252 e. The van der Waals surface area contributed by atoms with Crippen molar-refractivity contribution >= 4 is 11.7 Å². The quantitative estimate of drug-likeness (QED) is 0.636. The van der Waals surface area contributed by atoms with Crippen LogP contribution in [0.15, 0.2) is 61.1 Å². The van der Waals surface area contributed by atoms with Gasteiger partial charge in [-0.3, -0.25) is 9.78 Å². The van der Waals surface area contributed by atoms with Crippen LogP contribution in [-0.4, -0.2) is 55.8 Å². The van der Waals surface area contributed by atoms with Crippen LogP contribution in [0.5, 0.6) is 5.75 Å². The summed E-state index contributed by atoms with van der Waals surface area (Å²) in [5, 5.41) is 2.96. The molecular formula is C24H26N4O3. The van der Waals surface area contributed by atoms with E-state index in [4.69, 9.17) is 9.47 Å². The van der Waals surface area contributed by atoms with Crippen molar-refractivity contribution in [3.05, 3.63) is 72.2 Å². The second kappa shape index (κ2) is 10.0. The van der Waals surface area contributed by atoms with Gasteiger partial charge in [0.25, 0.3) is 5.91 Å². The van der Waals surface area contributed by atoms with Gasteiger partial charge in [-0.15, -0.1) is 0 Å². The minimum absolute atomic E-state index is 0.138. The molecule has 1 aliphatic rings. The summed E-state index contributed by atoms with van der Waals surface area (Å²) in [6.07, 6.45) is 5.91. The van der Waals surface area contributed by atoms with Crippen molar-refractivity contribution < 1.29 is 14.3 Å². The minimum Gasteiger partial charge on any atom is -0.497 e. The standard InChI is InChI=1S/C24H26N4O3/c1-30-22-5-2-18(3-6-22)8-9-26-24(29)21-14-20(15-25-16-21)19-4-7-23(27-17-19)28-10-12-31-13-11-28/h2-7,14-17H,8-13H2,1H3,(H,26,29). The molecule has 160 valence electrons. The number of amides is 1. The second-order valence-corrected chi connectivity index (χ2v) is 7.32. The summed E-state index contributed by atoms with van der Waals surface area (Å²) in [6.45, 7) is 3.69. The van der Waals surface area contributed by atoms with E-state index in [1.165, 1.54) is 0 Å². The van der Waals surface area contributed by atoms with Crippen molar-refractivity contribution in [2.45, 2.75) is 6.42 Å². The fourth-order valence-electron chi connectivity index (χ4n) is 3.47. The molecule has 7 nitrogen and oxygen atoms in total. The summed E-state index contributed by atoms with van der Waals surface area (Å²) < 4.78 is 10.6. The second-order valence-electron chi connectivity index (χ2n) is 7.32. The number of methoxy groups -OCH3 is 1. The lowest BCUT2D eigenvalue weighted by Gasteiger charge is -2.27. The number of anilines is 1. The van der Waals surface area contributed by atoms with Gasteiger partial charge in [0.05, 0.1) is 25.9 Å². The lowest BCUT2D eigenvalue weighted by molar-refractivity contribution is 0.0954. The molecule has 0 saturated carbocycles. The highest BCUT2D eigenvalue weighted by Crippen LogP contribution is 2.22. The highest BCUT2D eigenvalue weighted by Gasteiger charge is 2.13. The highest BCUT2D eigenvalue weighted by molar-refractivity contribution is 5.95. The zero-order valence-corrected chi connectivity index (χ0v) is 17.6. The average Bonchev–Trinajstić information content (AvgIpc) is 2.85. The number of carbonyl (C=O) groups is 1. The Hall–Kier alpha value is -3.45. The van der Waals surface area contributed by atoms with Gasteiger partial charge in [-0.25, -0.2) is 4.98 Å². The molecule has 0 unspecified atom stereocenters. The van der Waals surface area contributed by atoms with E-state index in [-0.39, 0.29) is 5.91 Å². The Labute approximate surface area is 182 Å². The van der Waals surface area contributed by atoms with Gasteiger partial charge in [-0.2, -0.15) is 0 Å². The molecule has 7 heteroatoms. The third-order valence-electron chi connectivity index (χ3n) is 5.28. The summed E-state index contributed by atoms with van der Waals surface area (Å²) in [4.78, 5) is 23.6. The summed E-state index contributed by atoms with van der Waals surface area (Å²) in [5.74, 6) is 1.62. The number of ether oxygens (including phenoxy) is 2. The van der Waals surface area contributed by atoms with Crippen molar-refractivity contribution in [2.24, 2.45) is 0 Å². The van der Waals surface area contributed by atoms with E-state index >= 15 is 0 Å². The summed E-state index contributed by atoms with van der Waals surface area (Å²) >= 11 is 0. The van der Waals surface area contributed by atoms with Gasteiger partial charge in [0, 0.05) is 49.4 Å². The van der Waals surface area contributed by atoms with Gasteiger partial charge in [0.15, 0.2) is 0 Å². The number of rotatable bonds is 7. The van der Waals surface area contributed by atoms with Gasteiger partial charge in [0.2, 0.25) is 0 Å². The van der Waals surface area contributed by atoms with Gasteiger partial charge >= 0.3 is 0 Å². The van der Waals surface area contributed by atoms with Crippen LogP contribution in [0.3, 0.4) is 0 Å². The Morgan fingerprint density at radius 1 is 1.06 bits per heavy atom. The summed E-state index contributed by atoms with van der Waals surface area (Å²) in [7, 11) is 1.64. The smallest absolute Gasteiger partial charge is 0.252 e. The van der Waals surface area contributed by atoms with E-state index in [0.29, 0.717) is 12.1 Å². The number of hydrogen-bond acceptors (Lipinski definition) is 6. The maximum absolute atomic E-state index is 12.6. The fourth-order valence-corrected chi connectivity index (χ4v) is 3.47. The molecule has 0 atom stereocenters.